The van der Waals surface area contributed by atoms with Crippen molar-refractivity contribution in [1.29, 1.82) is 0 Å². The number of benzene rings is 1. The van der Waals surface area contributed by atoms with Gasteiger partial charge in [-0.05, 0) is 18.2 Å². The van der Waals surface area contributed by atoms with Crippen LogP contribution in [0.15, 0.2) is 18.2 Å². The van der Waals surface area contributed by atoms with Crippen LogP contribution < -0.4 is 9.47 Å². The van der Waals surface area contributed by atoms with Crippen molar-refractivity contribution in [3.05, 3.63) is 46.0 Å². The highest BCUT2D eigenvalue weighted by Gasteiger charge is 2.48. The number of nitrogens with zero attached hydrogens (tertiary/aromatic N) is 3. The van der Waals surface area contributed by atoms with Gasteiger partial charge in [0, 0.05) is 31.2 Å². The maximum absolute atomic E-state index is 14.7. The smallest absolute Gasteiger partial charge is 0.296 e. The second-order valence-electron chi connectivity index (χ2n) is 9.47. The molecule has 1 aromatic carbocycles. The Labute approximate surface area is 219 Å². The zero-order chi connectivity index (χ0) is 26.6. The van der Waals surface area contributed by atoms with Crippen molar-refractivity contribution in [2.45, 2.75) is 31.0 Å². The summed E-state index contributed by atoms with van der Waals surface area (Å²) in [5, 5.41) is 19.0. The maximum atomic E-state index is 14.7. The SMILES string of the molecule is O=C(c1cc(F)c(COc2nc3nc(O[C@@H]4COC5[C@H](O)CO[C@@H]54)[nH]c3cc2Cl)c(F)c1)N1CC(CO)C1. The molecule has 3 fully saturated rings. The number of halogens is 3. The summed E-state index contributed by atoms with van der Waals surface area (Å²) in [6, 6.07) is 3.53. The number of likely N-dealkylation sites (tertiary alicyclic amines) is 1. The van der Waals surface area contributed by atoms with Gasteiger partial charge >= 0.3 is 0 Å². The molecule has 11 nitrogen and oxygen atoms in total. The molecule has 3 aliphatic rings. The summed E-state index contributed by atoms with van der Waals surface area (Å²) in [4.78, 5) is 25.3. The van der Waals surface area contributed by atoms with E-state index in [9.17, 15) is 18.7 Å². The Morgan fingerprint density at radius 2 is 1.89 bits per heavy atom. The van der Waals surface area contributed by atoms with Crippen molar-refractivity contribution in [2.24, 2.45) is 5.92 Å². The number of rotatable bonds is 7. The Hall–Kier alpha value is -3.10. The summed E-state index contributed by atoms with van der Waals surface area (Å²) in [5.41, 5.74) is 0.116. The standard InChI is InChI=1S/C24H23ClF2N4O7/c25-13-3-16-21(30-24(28-16)38-18-9-36-19-17(33)8-35-20(18)19)29-22(13)37-7-12-14(26)1-11(2-15(12)27)23(34)31-4-10(5-31)6-32/h1-3,10,17-20,32-33H,4-9H2,(H,28,29,30)/t17-,18-,19?,20-/m1/s1. The first-order valence-corrected chi connectivity index (χ1v) is 12.3. The van der Waals surface area contributed by atoms with E-state index in [1.807, 2.05) is 0 Å². The van der Waals surface area contributed by atoms with E-state index in [0.29, 0.717) is 18.6 Å². The molecule has 0 radical (unpaired) electrons. The van der Waals surface area contributed by atoms with E-state index in [-0.39, 0.29) is 53.9 Å². The molecule has 1 amide bonds. The third kappa shape index (κ3) is 4.54. The van der Waals surface area contributed by atoms with Gasteiger partial charge in [-0.2, -0.15) is 9.97 Å². The van der Waals surface area contributed by atoms with Crippen LogP contribution >= 0.6 is 11.6 Å². The average Bonchev–Trinajstić information content (AvgIpc) is 3.54. The zero-order valence-corrected chi connectivity index (χ0v) is 20.5. The van der Waals surface area contributed by atoms with Gasteiger partial charge in [0.25, 0.3) is 11.9 Å². The summed E-state index contributed by atoms with van der Waals surface area (Å²) in [6.07, 6.45) is -2.08. The van der Waals surface area contributed by atoms with E-state index in [4.69, 9.17) is 35.7 Å². The van der Waals surface area contributed by atoms with Crippen LogP contribution in [0.3, 0.4) is 0 Å². The summed E-state index contributed by atoms with van der Waals surface area (Å²) in [7, 11) is 0. The molecular formula is C24H23ClF2N4O7. The number of nitrogens with one attached hydrogen (secondary N) is 1. The topological polar surface area (TPSA) is 139 Å². The zero-order valence-electron chi connectivity index (χ0n) is 19.8. The van der Waals surface area contributed by atoms with Crippen LogP contribution in [0.2, 0.25) is 5.02 Å². The highest BCUT2D eigenvalue weighted by molar-refractivity contribution is 6.32. The second-order valence-corrected chi connectivity index (χ2v) is 9.88. The summed E-state index contributed by atoms with van der Waals surface area (Å²) in [6.45, 7) is 0.473. The minimum Gasteiger partial charge on any atom is -0.471 e. The molecule has 202 valence electrons. The molecule has 5 heterocycles. The Bertz CT molecular complexity index is 1360. The van der Waals surface area contributed by atoms with Crippen LogP contribution in [0.1, 0.15) is 15.9 Å². The largest absolute Gasteiger partial charge is 0.471 e. The third-order valence-electron chi connectivity index (χ3n) is 6.86. The van der Waals surface area contributed by atoms with Crippen molar-refractivity contribution in [2.75, 3.05) is 32.9 Å². The molecule has 3 aromatic rings. The van der Waals surface area contributed by atoms with Gasteiger partial charge in [-0.3, -0.25) is 4.79 Å². The number of aromatic nitrogens is 3. The molecule has 0 saturated carbocycles. The molecule has 4 atom stereocenters. The van der Waals surface area contributed by atoms with Gasteiger partial charge in [0.15, 0.2) is 11.8 Å². The number of hydrogen-bond donors (Lipinski definition) is 3. The number of hydrogen-bond acceptors (Lipinski definition) is 9. The highest BCUT2D eigenvalue weighted by Crippen LogP contribution is 2.32. The van der Waals surface area contributed by atoms with Crippen LogP contribution in [0.5, 0.6) is 11.9 Å². The number of carbonyl (C=O) groups is 1. The molecule has 3 saturated heterocycles. The van der Waals surface area contributed by atoms with Crippen LogP contribution in [-0.4, -0.2) is 93.3 Å². The van der Waals surface area contributed by atoms with Crippen LogP contribution in [0.4, 0.5) is 8.78 Å². The van der Waals surface area contributed by atoms with Gasteiger partial charge in [0.1, 0.15) is 41.6 Å². The second kappa shape index (κ2) is 9.89. The number of H-pyrrole nitrogens is 1. The van der Waals surface area contributed by atoms with Gasteiger partial charge in [-0.25, -0.2) is 8.78 Å². The predicted octanol–water partition coefficient (Wildman–Crippen LogP) is 1.44. The number of ether oxygens (including phenoxy) is 4. The van der Waals surface area contributed by atoms with Crippen molar-refractivity contribution >= 4 is 28.7 Å². The first-order valence-electron chi connectivity index (χ1n) is 12.0. The van der Waals surface area contributed by atoms with Crippen molar-refractivity contribution in [1.82, 2.24) is 19.9 Å². The lowest BCUT2D eigenvalue weighted by Gasteiger charge is -2.38. The molecule has 14 heteroatoms. The monoisotopic (exact) mass is 552 g/mol. The minimum atomic E-state index is -0.948. The molecule has 38 heavy (non-hydrogen) atoms. The number of aliphatic hydroxyl groups excluding tert-OH is 2. The Morgan fingerprint density at radius 1 is 1.16 bits per heavy atom. The van der Waals surface area contributed by atoms with E-state index in [0.717, 1.165) is 12.1 Å². The molecule has 0 aliphatic carbocycles. The van der Waals surface area contributed by atoms with E-state index in [2.05, 4.69) is 15.0 Å². The Kier molecular flexibility index (Phi) is 6.56. The number of aliphatic hydroxyl groups is 2. The first kappa shape index (κ1) is 25.2. The van der Waals surface area contributed by atoms with Crippen LogP contribution in [-0.2, 0) is 16.1 Å². The molecule has 2 aromatic heterocycles. The Balaban J connectivity index is 1.14. The molecular weight excluding hydrogens is 530 g/mol. The maximum Gasteiger partial charge on any atom is 0.296 e. The van der Waals surface area contributed by atoms with E-state index >= 15 is 0 Å². The van der Waals surface area contributed by atoms with Gasteiger partial charge in [-0.15, -0.1) is 0 Å². The fourth-order valence-corrected chi connectivity index (χ4v) is 4.97. The van der Waals surface area contributed by atoms with Gasteiger partial charge in [0.05, 0.1) is 24.3 Å². The fourth-order valence-electron chi connectivity index (χ4n) is 4.76. The van der Waals surface area contributed by atoms with Crippen molar-refractivity contribution in [3.63, 3.8) is 0 Å². The van der Waals surface area contributed by atoms with Gasteiger partial charge < -0.3 is 39.0 Å². The fraction of sp³-hybridized carbons (Fsp3) is 0.458. The van der Waals surface area contributed by atoms with Gasteiger partial charge in [-0.1, -0.05) is 11.6 Å². The predicted molar refractivity (Wildman–Crippen MR) is 126 cm³/mol. The number of amides is 1. The van der Waals surface area contributed by atoms with Crippen molar-refractivity contribution < 1.29 is 42.7 Å². The third-order valence-corrected chi connectivity index (χ3v) is 7.13. The number of imidazole rings is 1. The van der Waals surface area contributed by atoms with E-state index < -0.39 is 54.1 Å². The lowest BCUT2D eigenvalue weighted by Crippen LogP contribution is -2.51. The van der Waals surface area contributed by atoms with Crippen LogP contribution in [0, 0.1) is 17.6 Å². The molecule has 3 N–H and O–H groups in total. The Morgan fingerprint density at radius 3 is 2.63 bits per heavy atom. The highest BCUT2D eigenvalue weighted by atomic mass is 35.5. The summed E-state index contributed by atoms with van der Waals surface area (Å²) in [5.74, 6) is -2.53. The number of carbonyl (C=O) groups excluding carboxylic acids is 1. The number of aromatic amines is 1. The molecule has 1 unspecified atom stereocenters. The lowest BCUT2D eigenvalue weighted by atomic mass is 9.99. The molecule has 6 rings (SSSR count). The quantitative estimate of drug-likeness (QED) is 0.397. The summed E-state index contributed by atoms with van der Waals surface area (Å²) >= 11 is 6.27. The number of pyridine rings is 1. The normalized spacial score (nSPS) is 25.0. The molecule has 0 spiro atoms. The van der Waals surface area contributed by atoms with Crippen LogP contribution in [0.25, 0.3) is 11.2 Å². The minimum absolute atomic E-state index is 0.0208. The lowest BCUT2D eigenvalue weighted by molar-refractivity contribution is 0.00706. The average molecular weight is 553 g/mol. The number of fused-ring (bicyclic) bond motifs is 2. The van der Waals surface area contributed by atoms with E-state index in [1.54, 1.807) is 0 Å². The van der Waals surface area contributed by atoms with E-state index in [1.165, 1.54) is 11.0 Å². The first-order chi connectivity index (χ1) is 18.3. The summed E-state index contributed by atoms with van der Waals surface area (Å²) < 4.78 is 51.9. The molecule has 3 aliphatic heterocycles. The van der Waals surface area contributed by atoms with Crippen molar-refractivity contribution in [3.8, 4) is 11.9 Å². The molecule has 0 bridgehead atoms. The van der Waals surface area contributed by atoms with Gasteiger partial charge in [0.2, 0.25) is 5.88 Å².